The Kier molecular flexibility index (Phi) is 4.99. The number of benzene rings is 2. The highest BCUT2D eigenvalue weighted by atomic mass is 32.2. The van der Waals surface area contributed by atoms with Gasteiger partial charge >= 0.3 is 0 Å². The zero-order valence-corrected chi connectivity index (χ0v) is 15.7. The molecular formula is C20H22N2O4S. The van der Waals surface area contributed by atoms with Gasteiger partial charge in [0.15, 0.2) is 0 Å². The van der Waals surface area contributed by atoms with E-state index in [0.717, 1.165) is 36.8 Å². The van der Waals surface area contributed by atoms with E-state index >= 15 is 0 Å². The Morgan fingerprint density at radius 2 is 1.78 bits per heavy atom. The lowest BCUT2D eigenvalue weighted by atomic mass is 10.1. The molecule has 1 aliphatic carbocycles. The van der Waals surface area contributed by atoms with Crippen molar-refractivity contribution in [2.24, 2.45) is 0 Å². The highest BCUT2D eigenvalue weighted by Gasteiger charge is 2.23. The van der Waals surface area contributed by atoms with Crippen LogP contribution in [0.2, 0.25) is 0 Å². The molecule has 7 heteroatoms. The Morgan fingerprint density at radius 3 is 2.59 bits per heavy atom. The van der Waals surface area contributed by atoms with Crippen molar-refractivity contribution in [3.8, 4) is 0 Å². The third kappa shape index (κ3) is 4.05. The summed E-state index contributed by atoms with van der Waals surface area (Å²) in [6, 6.07) is 11.8. The molecule has 2 aliphatic rings. The van der Waals surface area contributed by atoms with Gasteiger partial charge in [0, 0.05) is 17.3 Å². The molecule has 1 fully saturated rings. The third-order valence-corrected chi connectivity index (χ3v) is 6.58. The van der Waals surface area contributed by atoms with Crippen molar-refractivity contribution >= 4 is 21.6 Å². The van der Waals surface area contributed by atoms with E-state index in [4.69, 9.17) is 4.74 Å². The number of hydrogen-bond donors (Lipinski definition) is 2. The van der Waals surface area contributed by atoms with Gasteiger partial charge in [0.2, 0.25) is 10.0 Å². The van der Waals surface area contributed by atoms with Gasteiger partial charge in [-0.25, -0.2) is 13.1 Å². The molecule has 0 radical (unpaired) electrons. The van der Waals surface area contributed by atoms with E-state index in [9.17, 15) is 13.2 Å². The Labute approximate surface area is 159 Å². The predicted octanol–water partition coefficient (Wildman–Crippen LogP) is 3.19. The first-order valence-corrected chi connectivity index (χ1v) is 10.6. The summed E-state index contributed by atoms with van der Waals surface area (Å²) >= 11 is 0. The van der Waals surface area contributed by atoms with Crippen LogP contribution < -0.4 is 10.0 Å². The summed E-state index contributed by atoms with van der Waals surface area (Å²) in [6.07, 6.45) is 3.81. The summed E-state index contributed by atoms with van der Waals surface area (Å²) in [5.41, 5.74) is 3.16. The summed E-state index contributed by atoms with van der Waals surface area (Å²) in [6.45, 7) is 1.14. The normalized spacial score (nSPS) is 17.0. The standard InChI is InChI=1S/C20H22N2O4S/c23-20(21-18-9-8-15-12-26-13-16(15)10-18)14-4-3-7-19(11-14)27(24,25)22-17-5-1-2-6-17/h3-4,7-11,17,22H,1-2,5-6,12-13H2,(H,21,23). The lowest BCUT2D eigenvalue weighted by Gasteiger charge is -2.13. The van der Waals surface area contributed by atoms with Crippen molar-refractivity contribution in [3.63, 3.8) is 0 Å². The molecule has 0 spiro atoms. The Hall–Kier alpha value is -2.22. The smallest absolute Gasteiger partial charge is 0.255 e. The maximum absolute atomic E-state index is 12.6. The van der Waals surface area contributed by atoms with Crippen LogP contribution in [0.3, 0.4) is 0 Å². The van der Waals surface area contributed by atoms with Crippen molar-refractivity contribution in [1.82, 2.24) is 4.72 Å². The number of ether oxygens (including phenoxy) is 1. The van der Waals surface area contributed by atoms with Crippen LogP contribution >= 0.6 is 0 Å². The van der Waals surface area contributed by atoms with Gasteiger partial charge in [0.05, 0.1) is 18.1 Å². The zero-order chi connectivity index (χ0) is 18.9. The molecule has 1 heterocycles. The van der Waals surface area contributed by atoms with Crippen molar-refractivity contribution < 1.29 is 17.9 Å². The number of carbonyl (C=O) groups is 1. The molecule has 2 N–H and O–H groups in total. The molecule has 1 saturated carbocycles. The molecule has 27 heavy (non-hydrogen) atoms. The highest BCUT2D eigenvalue weighted by molar-refractivity contribution is 7.89. The molecule has 0 unspecified atom stereocenters. The quantitative estimate of drug-likeness (QED) is 0.827. The van der Waals surface area contributed by atoms with Gasteiger partial charge in [0.25, 0.3) is 5.91 Å². The van der Waals surface area contributed by atoms with E-state index in [2.05, 4.69) is 10.0 Å². The van der Waals surface area contributed by atoms with Gasteiger partial charge in [-0.3, -0.25) is 4.79 Å². The van der Waals surface area contributed by atoms with Gasteiger partial charge in [-0.1, -0.05) is 25.0 Å². The topological polar surface area (TPSA) is 84.5 Å². The van der Waals surface area contributed by atoms with Crippen LogP contribution in [0.5, 0.6) is 0 Å². The number of hydrogen-bond acceptors (Lipinski definition) is 4. The van der Waals surface area contributed by atoms with E-state index in [-0.39, 0.29) is 16.8 Å². The first kappa shape index (κ1) is 18.2. The number of nitrogens with one attached hydrogen (secondary N) is 2. The maximum Gasteiger partial charge on any atom is 0.255 e. The van der Waals surface area contributed by atoms with Crippen molar-refractivity contribution in [1.29, 1.82) is 0 Å². The summed E-state index contributed by atoms with van der Waals surface area (Å²) in [5, 5.41) is 2.83. The summed E-state index contributed by atoms with van der Waals surface area (Å²) in [4.78, 5) is 12.7. The minimum atomic E-state index is -3.63. The third-order valence-electron chi connectivity index (χ3n) is 5.06. The van der Waals surface area contributed by atoms with E-state index in [1.165, 1.54) is 12.1 Å². The van der Waals surface area contributed by atoms with Gasteiger partial charge in [-0.15, -0.1) is 0 Å². The molecule has 0 aromatic heterocycles. The zero-order valence-electron chi connectivity index (χ0n) is 14.9. The summed E-state index contributed by atoms with van der Waals surface area (Å²) < 4.78 is 33.3. The number of fused-ring (bicyclic) bond motifs is 1. The lowest BCUT2D eigenvalue weighted by molar-refractivity contribution is 0.102. The van der Waals surface area contributed by atoms with Crippen LogP contribution in [0.25, 0.3) is 0 Å². The number of anilines is 1. The molecule has 0 bridgehead atoms. The lowest BCUT2D eigenvalue weighted by Crippen LogP contribution is -2.32. The largest absolute Gasteiger partial charge is 0.372 e. The van der Waals surface area contributed by atoms with Crippen molar-refractivity contribution in [2.45, 2.75) is 49.8 Å². The number of rotatable bonds is 5. The van der Waals surface area contributed by atoms with Crippen LogP contribution in [-0.2, 0) is 28.0 Å². The van der Waals surface area contributed by atoms with Crippen LogP contribution in [-0.4, -0.2) is 20.4 Å². The molecule has 142 valence electrons. The first-order chi connectivity index (χ1) is 13.0. The second-order valence-corrected chi connectivity index (χ2v) is 8.77. The van der Waals surface area contributed by atoms with E-state index < -0.39 is 10.0 Å². The van der Waals surface area contributed by atoms with Crippen LogP contribution in [0, 0.1) is 0 Å². The monoisotopic (exact) mass is 386 g/mol. The fraction of sp³-hybridized carbons (Fsp3) is 0.350. The fourth-order valence-electron chi connectivity index (χ4n) is 3.59. The van der Waals surface area contributed by atoms with Gasteiger partial charge in [-0.2, -0.15) is 0 Å². The Bertz CT molecular complexity index is 966. The molecule has 0 atom stereocenters. The molecule has 1 aliphatic heterocycles. The van der Waals surface area contributed by atoms with Crippen LogP contribution in [0.1, 0.15) is 47.2 Å². The summed E-state index contributed by atoms with van der Waals surface area (Å²) in [5.74, 6) is -0.341. The molecular weight excluding hydrogens is 364 g/mol. The number of amides is 1. The molecule has 6 nitrogen and oxygen atoms in total. The molecule has 2 aromatic carbocycles. The highest BCUT2D eigenvalue weighted by Crippen LogP contribution is 2.24. The Balaban J connectivity index is 1.50. The van der Waals surface area contributed by atoms with Gasteiger partial charge in [-0.05, 0) is 54.3 Å². The fourth-order valence-corrected chi connectivity index (χ4v) is 4.94. The SMILES string of the molecule is O=C(Nc1ccc2c(c1)COC2)c1cccc(S(=O)(=O)NC2CCCC2)c1. The molecule has 0 saturated heterocycles. The average molecular weight is 386 g/mol. The second-order valence-electron chi connectivity index (χ2n) is 7.06. The minimum absolute atomic E-state index is 0.0129. The minimum Gasteiger partial charge on any atom is -0.372 e. The summed E-state index contributed by atoms with van der Waals surface area (Å²) in [7, 11) is -3.63. The van der Waals surface area contributed by atoms with Crippen LogP contribution in [0.15, 0.2) is 47.4 Å². The first-order valence-electron chi connectivity index (χ1n) is 9.14. The second kappa shape index (κ2) is 7.42. The average Bonchev–Trinajstić information content (AvgIpc) is 3.32. The van der Waals surface area contributed by atoms with Gasteiger partial charge < -0.3 is 10.1 Å². The van der Waals surface area contributed by atoms with Crippen molar-refractivity contribution in [3.05, 3.63) is 59.2 Å². The number of sulfonamides is 1. The Morgan fingerprint density at radius 1 is 1.00 bits per heavy atom. The van der Waals surface area contributed by atoms with Gasteiger partial charge in [0.1, 0.15) is 0 Å². The van der Waals surface area contributed by atoms with E-state index in [1.807, 2.05) is 18.2 Å². The molecule has 1 amide bonds. The predicted molar refractivity (Wildman–Crippen MR) is 102 cm³/mol. The van der Waals surface area contributed by atoms with Crippen molar-refractivity contribution in [2.75, 3.05) is 5.32 Å². The molecule has 4 rings (SSSR count). The molecule has 2 aromatic rings. The van der Waals surface area contributed by atoms with E-state index in [1.54, 1.807) is 12.1 Å². The maximum atomic E-state index is 12.6. The van der Waals surface area contributed by atoms with E-state index in [0.29, 0.717) is 24.5 Å². The number of carbonyl (C=O) groups excluding carboxylic acids is 1. The van der Waals surface area contributed by atoms with Crippen LogP contribution in [0.4, 0.5) is 5.69 Å².